The summed E-state index contributed by atoms with van der Waals surface area (Å²) in [5, 5.41) is 0. The summed E-state index contributed by atoms with van der Waals surface area (Å²) in [5.41, 5.74) is 1.15. The Labute approximate surface area is 158 Å². The van der Waals surface area contributed by atoms with E-state index in [1.54, 1.807) is 36.1 Å². The quantitative estimate of drug-likeness (QED) is 0.768. The SMILES string of the molecule is CCOC(=O)c1ccc(S(=O)(=O)Nc2ccccc2N2CCCC2=O)cc1. The number of nitrogens with one attached hydrogen (secondary N) is 1. The lowest BCUT2D eigenvalue weighted by Crippen LogP contribution is -2.25. The molecule has 1 fully saturated rings. The van der Waals surface area contributed by atoms with Crippen LogP contribution in [0.2, 0.25) is 0 Å². The molecule has 0 atom stereocenters. The average molecular weight is 388 g/mol. The van der Waals surface area contributed by atoms with E-state index in [2.05, 4.69) is 4.72 Å². The third-order valence-corrected chi connectivity index (χ3v) is 5.57. The number of esters is 1. The summed E-state index contributed by atoms with van der Waals surface area (Å²) in [4.78, 5) is 25.3. The molecule has 2 aromatic rings. The van der Waals surface area contributed by atoms with Crippen LogP contribution in [0.25, 0.3) is 0 Å². The largest absolute Gasteiger partial charge is 0.462 e. The molecular formula is C19H20N2O5S. The van der Waals surface area contributed by atoms with Gasteiger partial charge >= 0.3 is 5.97 Å². The van der Waals surface area contributed by atoms with Crippen molar-refractivity contribution in [3.63, 3.8) is 0 Å². The molecule has 1 aliphatic heterocycles. The standard InChI is InChI=1S/C19H20N2O5S/c1-2-26-19(23)14-9-11-15(12-10-14)27(24,25)20-16-6-3-4-7-17(16)21-13-5-8-18(21)22/h3-4,6-7,9-12,20H,2,5,8,13H2,1H3. The van der Waals surface area contributed by atoms with Gasteiger partial charge in [0.1, 0.15) is 0 Å². The van der Waals surface area contributed by atoms with Crippen LogP contribution in [0.15, 0.2) is 53.4 Å². The highest BCUT2D eigenvalue weighted by Crippen LogP contribution is 2.31. The van der Waals surface area contributed by atoms with Crippen molar-refractivity contribution in [1.82, 2.24) is 0 Å². The molecule has 1 N–H and O–H groups in total. The zero-order valence-corrected chi connectivity index (χ0v) is 15.7. The van der Waals surface area contributed by atoms with Crippen molar-refractivity contribution in [2.75, 3.05) is 22.8 Å². The molecule has 0 unspecified atom stereocenters. The van der Waals surface area contributed by atoms with Gasteiger partial charge in [0.05, 0.1) is 28.4 Å². The Hall–Kier alpha value is -2.87. The Morgan fingerprint density at radius 2 is 1.85 bits per heavy atom. The molecule has 0 bridgehead atoms. The fourth-order valence-corrected chi connectivity index (χ4v) is 3.96. The minimum atomic E-state index is -3.88. The topological polar surface area (TPSA) is 92.8 Å². The number of rotatable bonds is 6. The Balaban J connectivity index is 1.85. The van der Waals surface area contributed by atoms with Crippen LogP contribution in [-0.4, -0.2) is 33.4 Å². The molecule has 2 aromatic carbocycles. The number of carbonyl (C=O) groups excluding carboxylic acids is 2. The van der Waals surface area contributed by atoms with Gasteiger partial charge in [0.25, 0.3) is 10.0 Å². The molecular weight excluding hydrogens is 368 g/mol. The highest BCUT2D eigenvalue weighted by Gasteiger charge is 2.25. The van der Waals surface area contributed by atoms with Crippen LogP contribution in [0.5, 0.6) is 0 Å². The van der Waals surface area contributed by atoms with Crippen LogP contribution in [0, 0.1) is 0 Å². The van der Waals surface area contributed by atoms with E-state index in [-0.39, 0.29) is 23.0 Å². The first-order chi connectivity index (χ1) is 12.9. The van der Waals surface area contributed by atoms with Gasteiger partial charge in [-0.2, -0.15) is 0 Å². The second-order valence-electron chi connectivity index (χ2n) is 6.02. The normalized spacial score (nSPS) is 14.3. The van der Waals surface area contributed by atoms with Crippen molar-refractivity contribution in [2.24, 2.45) is 0 Å². The van der Waals surface area contributed by atoms with Crippen LogP contribution >= 0.6 is 0 Å². The number of amides is 1. The molecule has 0 aliphatic carbocycles. The third-order valence-electron chi connectivity index (χ3n) is 4.19. The summed E-state index contributed by atoms with van der Waals surface area (Å²) in [7, 11) is -3.88. The van der Waals surface area contributed by atoms with E-state index >= 15 is 0 Å². The fourth-order valence-electron chi connectivity index (χ4n) is 2.89. The molecule has 0 radical (unpaired) electrons. The van der Waals surface area contributed by atoms with E-state index in [0.717, 1.165) is 6.42 Å². The number of nitrogens with zero attached hydrogens (tertiary/aromatic N) is 1. The number of anilines is 2. The minimum absolute atomic E-state index is 0.0121. The fraction of sp³-hybridized carbons (Fsp3) is 0.263. The van der Waals surface area contributed by atoms with Crippen LogP contribution in [0.3, 0.4) is 0 Å². The number of ether oxygens (including phenoxy) is 1. The van der Waals surface area contributed by atoms with E-state index < -0.39 is 16.0 Å². The molecule has 0 aromatic heterocycles. The van der Waals surface area contributed by atoms with Crippen LogP contribution < -0.4 is 9.62 Å². The average Bonchev–Trinajstić information content (AvgIpc) is 3.08. The summed E-state index contributed by atoms with van der Waals surface area (Å²) in [5.74, 6) is -0.535. The molecule has 0 saturated carbocycles. The Kier molecular flexibility index (Phi) is 5.46. The van der Waals surface area contributed by atoms with Crippen LogP contribution in [0.4, 0.5) is 11.4 Å². The van der Waals surface area contributed by atoms with Crippen molar-refractivity contribution >= 4 is 33.3 Å². The van der Waals surface area contributed by atoms with Crippen molar-refractivity contribution < 1.29 is 22.7 Å². The van der Waals surface area contributed by atoms with E-state index in [1.165, 1.54) is 24.3 Å². The Morgan fingerprint density at radius 3 is 2.48 bits per heavy atom. The van der Waals surface area contributed by atoms with Gasteiger partial charge in [0.2, 0.25) is 5.91 Å². The molecule has 27 heavy (non-hydrogen) atoms. The van der Waals surface area contributed by atoms with E-state index in [4.69, 9.17) is 4.74 Å². The molecule has 1 heterocycles. The van der Waals surface area contributed by atoms with Crippen molar-refractivity contribution in [1.29, 1.82) is 0 Å². The zero-order chi connectivity index (χ0) is 19.4. The first kappa shape index (κ1) is 18.9. The number of hydrogen-bond acceptors (Lipinski definition) is 5. The second-order valence-corrected chi connectivity index (χ2v) is 7.70. The van der Waals surface area contributed by atoms with Gasteiger partial charge in [0, 0.05) is 13.0 Å². The Bertz CT molecular complexity index is 954. The molecule has 0 spiro atoms. The molecule has 8 heteroatoms. The maximum Gasteiger partial charge on any atom is 0.338 e. The zero-order valence-electron chi connectivity index (χ0n) is 14.8. The first-order valence-corrected chi connectivity index (χ1v) is 10.1. The summed E-state index contributed by atoms with van der Waals surface area (Å²) < 4.78 is 32.9. The van der Waals surface area contributed by atoms with Gasteiger partial charge in [-0.05, 0) is 49.7 Å². The molecule has 1 saturated heterocycles. The summed E-state index contributed by atoms with van der Waals surface area (Å²) in [6.45, 7) is 2.50. The van der Waals surface area contributed by atoms with Crippen molar-refractivity contribution in [2.45, 2.75) is 24.7 Å². The van der Waals surface area contributed by atoms with Crippen molar-refractivity contribution in [3.8, 4) is 0 Å². The molecule has 1 amide bonds. The summed E-state index contributed by atoms with van der Waals surface area (Å²) in [6, 6.07) is 12.3. The third kappa shape index (κ3) is 4.11. The van der Waals surface area contributed by atoms with E-state index in [9.17, 15) is 18.0 Å². The lowest BCUT2D eigenvalue weighted by atomic mass is 10.2. The maximum atomic E-state index is 12.7. The van der Waals surface area contributed by atoms with Crippen LogP contribution in [-0.2, 0) is 19.6 Å². The smallest absolute Gasteiger partial charge is 0.338 e. The second kappa shape index (κ2) is 7.79. The highest BCUT2D eigenvalue weighted by molar-refractivity contribution is 7.92. The predicted molar refractivity (Wildman–Crippen MR) is 101 cm³/mol. The molecule has 3 rings (SSSR count). The molecule has 142 valence electrons. The monoisotopic (exact) mass is 388 g/mol. The highest BCUT2D eigenvalue weighted by atomic mass is 32.2. The number of benzene rings is 2. The van der Waals surface area contributed by atoms with Crippen LogP contribution in [0.1, 0.15) is 30.1 Å². The number of hydrogen-bond donors (Lipinski definition) is 1. The Morgan fingerprint density at radius 1 is 1.15 bits per heavy atom. The van der Waals surface area contributed by atoms with Gasteiger partial charge < -0.3 is 9.64 Å². The van der Waals surface area contributed by atoms with Gasteiger partial charge in [-0.25, -0.2) is 13.2 Å². The lowest BCUT2D eigenvalue weighted by Gasteiger charge is -2.20. The molecule has 7 nitrogen and oxygen atoms in total. The first-order valence-electron chi connectivity index (χ1n) is 8.62. The number of carbonyl (C=O) groups is 2. The molecule has 1 aliphatic rings. The number of sulfonamides is 1. The van der Waals surface area contributed by atoms with Gasteiger partial charge in [-0.3, -0.25) is 9.52 Å². The number of para-hydroxylation sites is 2. The van der Waals surface area contributed by atoms with E-state index in [1.807, 2.05) is 0 Å². The maximum absolute atomic E-state index is 12.7. The summed E-state index contributed by atoms with van der Waals surface area (Å²) >= 11 is 0. The summed E-state index contributed by atoms with van der Waals surface area (Å²) in [6.07, 6.45) is 1.20. The van der Waals surface area contributed by atoms with Gasteiger partial charge in [0.15, 0.2) is 0 Å². The minimum Gasteiger partial charge on any atom is -0.462 e. The van der Waals surface area contributed by atoms with Crippen molar-refractivity contribution in [3.05, 3.63) is 54.1 Å². The predicted octanol–water partition coefficient (Wildman–Crippen LogP) is 2.79. The van der Waals surface area contributed by atoms with E-state index in [0.29, 0.717) is 24.3 Å². The van der Waals surface area contributed by atoms with Gasteiger partial charge in [-0.15, -0.1) is 0 Å². The lowest BCUT2D eigenvalue weighted by molar-refractivity contribution is -0.117. The van der Waals surface area contributed by atoms with Gasteiger partial charge in [-0.1, -0.05) is 12.1 Å².